The van der Waals surface area contributed by atoms with E-state index < -0.39 is 0 Å². The van der Waals surface area contributed by atoms with Crippen LogP contribution in [0, 0.1) is 0 Å². The zero-order valence-electron chi connectivity index (χ0n) is 10.2. The Bertz CT molecular complexity index is 488. The first kappa shape index (κ1) is 12.4. The van der Waals surface area contributed by atoms with Crippen molar-refractivity contribution in [2.75, 3.05) is 13.7 Å². The van der Waals surface area contributed by atoms with E-state index in [-0.39, 0.29) is 6.10 Å². The summed E-state index contributed by atoms with van der Waals surface area (Å²) in [4.78, 5) is 3.98. The molecule has 1 unspecified atom stereocenters. The molecule has 0 saturated carbocycles. The van der Waals surface area contributed by atoms with E-state index in [1.807, 2.05) is 36.4 Å². The minimum Gasteiger partial charge on any atom is -0.493 e. The summed E-state index contributed by atoms with van der Waals surface area (Å²) in [6.07, 6.45) is 3.25. The number of ether oxygens (including phenoxy) is 2. The predicted molar refractivity (Wildman–Crippen MR) is 69.7 cm³/mol. The van der Waals surface area contributed by atoms with Crippen molar-refractivity contribution in [2.24, 2.45) is 5.73 Å². The Kier molecular flexibility index (Phi) is 4.15. The van der Waals surface area contributed by atoms with Crippen LogP contribution in [0.5, 0.6) is 11.5 Å². The topological polar surface area (TPSA) is 57.4 Å². The molecule has 1 aromatic heterocycles. The van der Waals surface area contributed by atoms with Crippen LogP contribution in [0.3, 0.4) is 0 Å². The van der Waals surface area contributed by atoms with Crippen LogP contribution < -0.4 is 15.2 Å². The molecule has 0 saturated heterocycles. The molecule has 4 nitrogen and oxygen atoms in total. The van der Waals surface area contributed by atoms with Gasteiger partial charge >= 0.3 is 0 Å². The molecule has 94 valence electrons. The van der Waals surface area contributed by atoms with Gasteiger partial charge in [0.25, 0.3) is 0 Å². The fourth-order valence-corrected chi connectivity index (χ4v) is 1.70. The van der Waals surface area contributed by atoms with E-state index in [0.717, 1.165) is 5.56 Å². The molecule has 0 aliphatic heterocycles. The molecule has 1 aromatic carbocycles. The molecular weight excluding hydrogens is 228 g/mol. The lowest BCUT2D eigenvalue weighted by Gasteiger charge is -2.19. The number of nitrogens with two attached hydrogens (primary N) is 1. The van der Waals surface area contributed by atoms with E-state index >= 15 is 0 Å². The second kappa shape index (κ2) is 6.02. The SMILES string of the molecule is COc1ccccc1OC(CN)c1ccncc1. The second-order valence-corrected chi connectivity index (χ2v) is 3.77. The zero-order valence-corrected chi connectivity index (χ0v) is 10.2. The first-order chi connectivity index (χ1) is 8.85. The second-order valence-electron chi connectivity index (χ2n) is 3.77. The number of hydrogen-bond acceptors (Lipinski definition) is 4. The number of aromatic nitrogens is 1. The van der Waals surface area contributed by atoms with E-state index in [4.69, 9.17) is 15.2 Å². The van der Waals surface area contributed by atoms with Gasteiger partial charge in [-0.25, -0.2) is 0 Å². The van der Waals surface area contributed by atoms with Crippen molar-refractivity contribution in [2.45, 2.75) is 6.10 Å². The van der Waals surface area contributed by atoms with Gasteiger partial charge in [0.2, 0.25) is 0 Å². The molecule has 0 amide bonds. The molecule has 2 N–H and O–H groups in total. The summed E-state index contributed by atoms with van der Waals surface area (Å²) < 4.78 is 11.1. The number of nitrogens with zero attached hydrogens (tertiary/aromatic N) is 1. The third kappa shape index (κ3) is 2.78. The molecule has 0 aliphatic carbocycles. The summed E-state index contributed by atoms with van der Waals surface area (Å²) in [5.74, 6) is 1.39. The van der Waals surface area contributed by atoms with Gasteiger partial charge in [-0.15, -0.1) is 0 Å². The summed E-state index contributed by atoms with van der Waals surface area (Å²) in [6.45, 7) is 0.391. The Morgan fingerprint density at radius 3 is 2.39 bits per heavy atom. The number of pyridine rings is 1. The first-order valence-corrected chi connectivity index (χ1v) is 5.75. The molecular formula is C14H16N2O2. The van der Waals surface area contributed by atoms with Gasteiger partial charge in [0.15, 0.2) is 11.5 Å². The third-order valence-electron chi connectivity index (χ3n) is 2.63. The molecule has 2 aromatic rings. The van der Waals surface area contributed by atoms with Crippen LogP contribution >= 0.6 is 0 Å². The molecule has 4 heteroatoms. The standard InChI is InChI=1S/C14H16N2O2/c1-17-12-4-2-3-5-13(12)18-14(10-15)11-6-8-16-9-7-11/h2-9,14H,10,15H2,1H3. The lowest BCUT2D eigenvalue weighted by Crippen LogP contribution is -2.18. The van der Waals surface area contributed by atoms with E-state index in [2.05, 4.69) is 4.98 Å². The van der Waals surface area contributed by atoms with Crippen LogP contribution in [0.15, 0.2) is 48.8 Å². The molecule has 2 rings (SSSR count). The largest absolute Gasteiger partial charge is 0.493 e. The molecule has 0 aliphatic rings. The number of methoxy groups -OCH3 is 1. The lowest BCUT2D eigenvalue weighted by atomic mass is 10.1. The van der Waals surface area contributed by atoms with Crippen LogP contribution in [-0.2, 0) is 0 Å². The van der Waals surface area contributed by atoms with Crippen molar-refractivity contribution in [3.8, 4) is 11.5 Å². The van der Waals surface area contributed by atoms with Gasteiger partial charge in [-0.2, -0.15) is 0 Å². The summed E-state index contributed by atoms with van der Waals surface area (Å²) in [6, 6.07) is 11.3. The van der Waals surface area contributed by atoms with E-state index in [1.165, 1.54) is 0 Å². The molecule has 0 fully saturated rings. The molecule has 0 radical (unpaired) electrons. The van der Waals surface area contributed by atoms with Crippen LogP contribution in [0.2, 0.25) is 0 Å². The molecule has 18 heavy (non-hydrogen) atoms. The Hall–Kier alpha value is -2.07. The van der Waals surface area contributed by atoms with Crippen molar-refractivity contribution >= 4 is 0 Å². The summed E-state index contributed by atoms with van der Waals surface area (Å²) in [5, 5.41) is 0. The quantitative estimate of drug-likeness (QED) is 0.875. The maximum absolute atomic E-state index is 5.89. The Balaban J connectivity index is 2.21. The van der Waals surface area contributed by atoms with Gasteiger partial charge in [-0.1, -0.05) is 12.1 Å². The minimum atomic E-state index is -0.204. The average molecular weight is 244 g/mol. The van der Waals surface area contributed by atoms with Crippen LogP contribution in [0.25, 0.3) is 0 Å². The number of hydrogen-bond donors (Lipinski definition) is 1. The normalized spacial score (nSPS) is 11.9. The Morgan fingerprint density at radius 1 is 1.11 bits per heavy atom. The number of para-hydroxylation sites is 2. The Labute approximate surface area is 106 Å². The van der Waals surface area contributed by atoms with Gasteiger partial charge in [-0.05, 0) is 29.8 Å². The van der Waals surface area contributed by atoms with Crippen LogP contribution in [0.4, 0.5) is 0 Å². The number of rotatable bonds is 5. The third-order valence-corrected chi connectivity index (χ3v) is 2.63. The highest BCUT2D eigenvalue weighted by atomic mass is 16.5. The minimum absolute atomic E-state index is 0.204. The van der Waals surface area contributed by atoms with Crippen LogP contribution in [-0.4, -0.2) is 18.6 Å². The molecule has 0 spiro atoms. The highest BCUT2D eigenvalue weighted by Crippen LogP contribution is 2.30. The van der Waals surface area contributed by atoms with E-state index in [1.54, 1.807) is 19.5 Å². The van der Waals surface area contributed by atoms with Crippen molar-refractivity contribution < 1.29 is 9.47 Å². The van der Waals surface area contributed by atoms with Gasteiger partial charge in [-0.3, -0.25) is 4.98 Å². The monoisotopic (exact) mass is 244 g/mol. The summed E-state index contributed by atoms with van der Waals surface area (Å²) >= 11 is 0. The summed E-state index contributed by atoms with van der Waals surface area (Å²) in [5.41, 5.74) is 6.76. The lowest BCUT2D eigenvalue weighted by molar-refractivity contribution is 0.204. The van der Waals surface area contributed by atoms with E-state index in [9.17, 15) is 0 Å². The maximum atomic E-state index is 5.89. The maximum Gasteiger partial charge on any atom is 0.162 e. The highest BCUT2D eigenvalue weighted by molar-refractivity contribution is 5.39. The smallest absolute Gasteiger partial charge is 0.162 e. The van der Waals surface area contributed by atoms with Gasteiger partial charge in [0, 0.05) is 18.9 Å². The Morgan fingerprint density at radius 2 is 1.78 bits per heavy atom. The number of benzene rings is 1. The molecule has 1 heterocycles. The van der Waals surface area contributed by atoms with Gasteiger partial charge < -0.3 is 15.2 Å². The van der Waals surface area contributed by atoms with Crippen molar-refractivity contribution in [3.63, 3.8) is 0 Å². The van der Waals surface area contributed by atoms with E-state index in [0.29, 0.717) is 18.0 Å². The summed E-state index contributed by atoms with van der Waals surface area (Å²) in [7, 11) is 1.62. The van der Waals surface area contributed by atoms with Crippen molar-refractivity contribution in [3.05, 3.63) is 54.4 Å². The fourth-order valence-electron chi connectivity index (χ4n) is 1.70. The first-order valence-electron chi connectivity index (χ1n) is 5.75. The average Bonchev–Trinajstić information content (AvgIpc) is 2.46. The molecule has 0 bridgehead atoms. The van der Waals surface area contributed by atoms with Crippen LogP contribution in [0.1, 0.15) is 11.7 Å². The molecule has 1 atom stereocenters. The van der Waals surface area contributed by atoms with Crippen molar-refractivity contribution in [1.29, 1.82) is 0 Å². The highest BCUT2D eigenvalue weighted by Gasteiger charge is 2.13. The zero-order chi connectivity index (χ0) is 12.8. The fraction of sp³-hybridized carbons (Fsp3) is 0.214. The van der Waals surface area contributed by atoms with Gasteiger partial charge in [0.05, 0.1) is 7.11 Å². The van der Waals surface area contributed by atoms with Crippen molar-refractivity contribution in [1.82, 2.24) is 4.98 Å². The predicted octanol–water partition coefficient (Wildman–Crippen LogP) is 2.17. The van der Waals surface area contributed by atoms with Gasteiger partial charge in [0.1, 0.15) is 6.10 Å².